The van der Waals surface area contributed by atoms with Crippen molar-refractivity contribution in [2.75, 3.05) is 0 Å². The molecule has 0 bridgehead atoms. The number of aromatic nitrogens is 5. The van der Waals surface area contributed by atoms with Crippen molar-refractivity contribution in [3.05, 3.63) is 45.7 Å². The highest BCUT2D eigenvalue weighted by Gasteiger charge is 2.14. The van der Waals surface area contributed by atoms with Crippen LogP contribution >= 0.6 is 23.8 Å². The van der Waals surface area contributed by atoms with Crippen molar-refractivity contribution in [1.29, 1.82) is 0 Å². The first-order valence-corrected chi connectivity index (χ1v) is 7.47. The molecule has 112 valence electrons. The van der Waals surface area contributed by atoms with Gasteiger partial charge in [0.25, 0.3) is 0 Å². The highest BCUT2D eigenvalue weighted by atomic mass is 35.5. The van der Waals surface area contributed by atoms with Gasteiger partial charge in [0.2, 0.25) is 0 Å². The molecule has 3 heterocycles. The van der Waals surface area contributed by atoms with Gasteiger partial charge < -0.3 is 4.57 Å². The van der Waals surface area contributed by atoms with E-state index in [9.17, 15) is 0 Å². The lowest BCUT2D eigenvalue weighted by Gasteiger charge is -2.11. The van der Waals surface area contributed by atoms with Crippen molar-refractivity contribution in [3.63, 3.8) is 0 Å². The molecular weight excluding hydrogens is 318 g/mol. The normalized spacial score (nSPS) is 10.9. The van der Waals surface area contributed by atoms with E-state index in [0.717, 1.165) is 33.9 Å². The summed E-state index contributed by atoms with van der Waals surface area (Å²) in [7, 11) is 1.87. The quantitative estimate of drug-likeness (QED) is 0.572. The lowest BCUT2D eigenvalue weighted by molar-refractivity contribution is 0.901. The molecule has 0 radical (unpaired) electrons. The maximum Gasteiger partial charge on any atom is 0.195 e. The Morgan fingerprint density at radius 1 is 1.14 bits per heavy atom. The molecule has 0 aliphatic carbocycles. The number of nitrogens with zero attached hydrogens (tertiary/aromatic N) is 4. The van der Waals surface area contributed by atoms with Crippen LogP contribution < -0.4 is 0 Å². The molecule has 5 nitrogen and oxygen atoms in total. The van der Waals surface area contributed by atoms with Crippen LogP contribution in [-0.4, -0.2) is 24.7 Å². The van der Waals surface area contributed by atoms with Crippen LogP contribution in [0.15, 0.2) is 24.4 Å². The van der Waals surface area contributed by atoms with Crippen molar-refractivity contribution in [1.82, 2.24) is 24.7 Å². The van der Waals surface area contributed by atoms with E-state index < -0.39 is 0 Å². The molecular formula is C15H14ClN5S. The van der Waals surface area contributed by atoms with E-state index in [4.69, 9.17) is 23.8 Å². The number of hydrogen-bond donors (Lipinski definition) is 1. The van der Waals surface area contributed by atoms with Gasteiger partial charge in [-0.05, 0) is 55.4 Å². The van der Waals surface area contributed by atoms with Crippen molar-refractivity contribution in [2.45, 2.75) is 13.8 Å². The maximum atomic E-state index is 6.10. The highest BCUT2D eigenvalue weighted by molar-refractivity contribution is 7.71. The van der Waals surface area contributed by atoms with Crippen LogP contribution in [0.25, 0.3) is 22.5 Å². The minimum Gasteiger partial charge on any atom is -0.303 e. The first-order chi connectivity index (χ1) is 10.5. The second-order valence-electron chi connectivity index (χ2n) is 5.10. The summed E-state index contributed by atoms with van der Waals surface area (Å²) >= 11 is 11.3. The Morgan fingerprint density at radius 2 is 1.91 bits per heavy atom. The van der Waals surface area contributed by atoms with E-state index in [0.29, 0.717) is 9.92 Å². The Kier molecular flexibility index (Phi) is 3.80. The van der Waals surface area contributed by atoms with E-state index in [-0.39, 0.29) is 0 Å². The number of nitrogens with one attached hydrogen (secondary N) is 1. The zero-order chi connectivity index (χ0) is 15.9. The number of pyridine rings is 2. The van der Waals surface area contributed by atoms with Gasteiger partial charge in [0.1, 0.15) is 5.15 Å². The number of H-pyrrole nitrogens is 1. The lowest BCUT2D eigenvalue weighted by Crippen LogP contribution is -1.97. The molecule has 3 rings (SSSR count). The van der Waals surface area contributed by atoms with Crippen LogP contribution in [0.5, 0.6) is 0 Å². The van der Waals surface area contributed by atoms with E-state index in [1.807, 2.05) is 43.7 Å². The van der Waals surface area contributed by atoms with Crippen LogP contribution in [0, 0.1) is 18.6 Å². The Hall–Kier alpha value is -2.05. The number of aryl methyl sites for hydroxylation is 2. The monoisotopic (exact) mass is 331 g/mol. The fraction of sp³-hybridized carbons (Fsp3) is 0.200. The molecule has 0 aliphatic heterocycles. The molecule has 1 N–H and O–H groups in total. The van der Waals surface area contributed by atoms with Gasteiger partial charge in [-0.3, -0.25) is 10.1 Å². The smallest absolute Gasteiger partial charge is 0.195 e. The molecule has 0 atom stereocenters. The number of aromatic amines is 1. The molecule has 22 heavy (non-hydrogen) atoms. The molecule has 3 aromatic rings. The number of hydrogen-bond acceptors (Lipinski definition) is 4. The molecule has 3 aromatic heterocycles. The summed E-state index contributed by atoms with van der Waals surface area (Å²) < 4.78 is 2.38. The van der Waals surface area contributed by atoms with Gasteiger partial charge >= 0.3 is 0 Å². The lowest BCUT2D eigenvalue weighted by atomic mass is 10.0. The SMILES string of the molecule is Cc1cc(-c2cc(C)nc(Cl)c2)c(-c2n[nH]c(=S)n2C)cn1. The molecule has 0 fully saturated rings. The number of halogens is 1. The second-order valence-corrected chi connectivity index (χ2v) is 5.88. The van der Waals surface area contributed by atoms with E-state index >= 15 is 0 Å². The molecule has 0 amide bonds. The summed E-state index contributed by atoms with van der Waals surface area (Å²) in [5.74, 6) is 0.734. The summed E-state index contributed by atoms with van der Waals surface area (Å²) in [6.07, 6.45) is 1.80. The van der Waals surface area contributed by atoms with Gasteiger partial charge in [-0.25, -0.2) is 4.98 Å². The Balaban J connectivity index is 2.29. The maximum absolute atomic E-state index is 6.10. The standard InChI is InChI=1S/C15H14ClN5S/c1-8-5-11(10-4-9(2)18-13(16)6-10)12(7-17-8)14-19-20-15(22)21(14)3/h4-7H,1-3H3,(H,20,22). The fourth-order valence-electron chi connectivity index (χ4n) is 2.35. The third-order valence-corrected chi connectivity index (χ3v) is 3.95. The minimum atomic E-state index is 0.464. The van der Waals surface area contributed by atoms with Crippen LogP contribution in [0.3, 0.4) is 0 Å². The molecule has 0 saturated heterocycles. The number of rotatable bonds is 2. The first kappa shape index (κ1) is 14.9. The van der Waals surface area contributed by atoms with E-state index in [1.54, 1.807) is 6.20 Å². The minimum absolute atomic E-state index is 0.464. The first-order valence-electron chi connectivity index (χ1n) is 6.68. The zero-order valence-corrected chi connectivity index (χ0v) is 14.0. The Labute approximate surface area is 138 Å². The molecule has 0 spiro atoms. The summed E-state index contributed by atoms with van der Waals surface area (Å²) in [5.41, 5.74) is 4.64. The van der Waals surface area contributed by atoms with Gasteiger partial charge in [-0.2, -0.15) is 5.10 Å². The van der Waals surface area contributed by atoms with Gasteiger partial charge in [0.15, 0.2) is 10.6 Å². The summed E-state index contributed by atoms with van der Waals surface area (Å²) in [5, 5.41) is 7.57. The topological polar surface area (TPSA) is 59.4 Å². The third kappa shape index (κ3) is 2.67. The largest absolute Gasteiger partial charge is 0.303 e. The van der Waals surface area contributed by atoms with Gasteiger partial charge in [-0.1, -0.05) is 11.6 Å². The Morgan fingerprint density at radius 3 is 2.55 bits per heavy atom. The van der Waals surface area contributed by atoms with Crippen LogP contribution in [-0.2, 0) is 7.05 Å². The molecule has 0 aliphatic rings. The van der Waals surface area contributed by atoms with Crippen molar-refractivity contribution in [2.24, 2.45) is 7.05 Å². The zero-order valence-electron chi connectivity index (χ0n) is 12.4. The van der Waals surface area contributed by atoms with Gasteiger partial charge in [0.05, 0.1) is 0 Å². The van der Waals surface area contributed by atoms with Crippen LogP contribution in [0.1, 0.15) is 11.4 Å². The van der Waals surface area contributed by atoms with Crippen molar-refractivity contribution >= 4 is 23.8 Å². The van der Waals surface area contributed by atoms with E-state index in [1.165, 1.54) is 0 Å². The summed E-state index contributed by atoms with van der Waals surface area (Å²) in [6.45, 7) is 3.87. The fourth-order valence-corrected chi connectivity index (χ4v) is 2.73. The second kappa shape index (κ2) is 5.62. The highest BCUT2D eigenvalue weighted by Crippen LogP contribution is 2.32. The summed E-state index contributed by atoms with van der Waals surface area (Å²) in [6, 6.07) is 5.84. The third-order valence-electron chi connectivity index (χ3n) is 3.39. The van der Waals surface area contributed by atoms with Gasteiger partial charge in [-0.15, -0.1) is 0 Å². The predicted molar refractivity (Wildman–Crippen MR) is 89.3 cm³/mol. The average Bonchev–Trinajstić information content (AvgIpc) is 2.78. The predicted octanol–water partition coefficient (Wildman–Crippen LogP) is 3.87. The molecule has 0 unspecified atom stereocenters. The summed E-state index contributed by atoms with van der Waals surface area (Å²) in [4.78, 5) is 8.60. The van der Waals surface area contributed by atoms with Crippen molar-refractivity contribution in [3.8, 4) is 22.5 Å². The van der Waals surface area contributed by atoms with Crippen LogP contribution in [0.2, 0.25) is 5.15 Å². The van der Waals surface area contributed by atoms with Crippen LogP contribution in [0.4, 0.5) is 0 Å². The molecule has 7 heteroatoms. The van der Waals surface area contributed by atoms with Crippen molar-refractivity contribution < 1.29 is 0 Å². The van der Waals surface area contributed by atoms with E-state index in [2.05, 4.69) is 20.2 Å². The van der Waals surface area contributed by atoms with Gasteiger partial charge in [0, 0.05) is 30.2 Å². The Bertz CT molecular complexity index is 892. The molecule has 0 aromatic carbocycles. The average molecular weight is 332 g/mol. The molecule has 0 saturated carbocycles.